The second-order valence-electron chi connectivity index (χ2n) is 8.15. The maximum Gasteiger partial charge on any atom is 0.225 e. The lowest BCUT2D eigenvalue weighted by Crippen LogP contribution is -2.45. The largest absolute Gasteiger partial charge is 0.380 e. The van der Waals surface area contributed by atoms with Gasteiger partial charge in [0.05, 0.1) is 13.2 Å². The predicted molar refractivity (Wildman–Crippen MR) is 132 cm³/mol. The Morgan fingerprint density at radius 3 is 2.60 bits per heavy atom. The summed E-state index contributed by atoms with van der Waals surface area (Å²) in [4.78, 5) is 19.7. The van der Waals surface area contributed by atoms with E-state index in [4.69, 9.17) is 9.73 Å². The van der Waals surface area contributed by atoms with Crippen molar-refractivity contribution in [1.29, 1.82) is 0 Å². The van der Waals surface area contributed by atoms with Gasteiger partial charge in [0.25, 0.3) is 0 Å². The van der Waals surface area contributed by atoms with Gasteiger partial charge in [0, 0.05) is 38.7 Å². The van der Waals surface area contributed by atoms with Crippen LogP contribution in [0.4, 0.5) is 0 Å². The van der Waals surface area contributed by atoms with Crippen LogP contribution in [-0.2, 0) is 22.7 Å². The highest BCUT2D eigenvalue weighted by molar-refractivity contribution is 14.0. The highest BCUT2D eigenvalue weighted by Gasteiger charge is 2.31. The Balaban J connectivity index is 0.00000320. The molecule has 1 saturated heterocycles. The van der Waals surface area contributed by atoms with Gasteiger partial charge in [-0.3, -0.25) is 4.79 Å². The molecule has 1 aliphatic heterocycles. The molecule has 1 aromatic rings. The van der Waals surface area contributed by atoms with E-state index in [1.54, 1.807) is 7.11 Å². The summed E-state index contributed by atoms with van der Waals surface area (Å²) in [5, 5.41) is 6.88. The van der Waals surface area contributed by atoms with Gasteiger partial charge < -0.3 is 20.3 Å². The monoisotopic (exact) mass is 528 g/mol. The summed E-state index contributed by atoms with van der Waals surface area (Å²) < 4.78 is 5.30. The molecule has 7 heteroatoms. The van der Waals surface area contributed by atoms with Gasteiger partial charge in [0.15, 0.2) is 5.96 Å². The fourth-order valence-corrected chi connectivity index (χ4v) is 4.37. The lowest BCUT2D eigenvalue weighted by molar-refractivity contribution is -0.135. The van der Waals surface area contributed by atoms with Crippen LogP contribution >= 0.6 is 24.0 Å². The normalized spacial score (nSPS) is 20.0. The molecule has 3 rings (SSSR count). The van der Waals surface area contributed by atoms with E-state index in [1.807, 2.05) is 12.1 Å². The number of aliphatic imine (C=N–C) groups is 1. The molecule has 2 N–H and O–H groups in total. The lowest BCUT2D eigenvalue weighted by Gasteiger charge is -2.26. The number of guanidine groups is 1. The molecule has 0 aromatic heterocycles. The van der Waals surface area contributed by atoms with E-state index in [0.29, 0.717) is 19.1 Å². The Kier molecular flexibility index (Phi) is 10.9. The van der Waals surface area contributed by atoms with Gasteiger partial charge in [-0.05, 0) is 37.3 Å². The standard InChI is InChI=1S/C23H36N4O2.HI/c1-3-24-23(25-15-19-11-7-8-12-20(19)17-29-2)26-21-13-14-27(16-21)22(28)18-9-5-4-6-10-18;/h7-8,11-12,18,21H,3-6,9-10,13-17H2,1-2H3,(H2,24,25,26);1H. The second kappa shape index (κ2) is 13.1. The molecule has 2 fully saturated rings. The van der Waals surface area contributed by atoms with Gasteiger partial charge in [-0.15, -0.1) is 24.0 Å². The first-order chi connectivity index (χ1) is 14.2. The molecule has 1 aliphatic carbocycles. The van der Waals surface area contributed by atoms with Crippen molar-refractivity contribution in [3.63, 3.8) is 0 Å². The Morgan fingerprint density at radius 1 is 1.17 bits per heavy atom. The first kappa shape index (κ1) is 24.9. The summed E-state index contributed by atoms with van der Waals surface area (Å²) in [7, 11) is 1.71. The van der Waals surface area contributed by atoms with Crippen LogP contribution < -0.4 is 10.6 Å². The summed E-state index contributed by atoms with van der Waals surface area (Å²) in [6.45, 7) is 5.71. The van der Waals surface area contributed by atoms with Gasteiger partial charge in [-0.25, -0.2) is 4.99 Å². The van der Waals surface area contributed by atoms with E-state index < -0.39 is 0 Å². The zero-order valence-electron chi connectivity index (χ0n) is 18.4. The van der Waals surface area contributed by atoms with Gasteiger partial charge in [0.1, 0.15) is 0 Å². The van der Waals surface area contributed by atoms with Crippen LogP contribution in [0.15, 0.2) is 29.3 Å². The number of carbonyl (C=O) groups excluding carboxylic acids is 1. The number of ether oxygens (including phenoxy) is 1. The van der Waals surface area contributed by atoms with E-state index >= 15 is 0 Å². The smallest absolute Gasteiger partial charge is 0.225 e. The van der Waals surface area contributed by atoms with Crippen molar-refractivity contribution in [2.24, 2.45) is 10.9 Å². The van der Waals surface area contributed by atoms with Crippen molar-refractivity contribution in [3.8, 4) is 0 Å². The van der Waals surface area contributed by atoms with E-state index in [9.17, 15) is 4.79 Å². The minimum Gasteiger partial charge on any atom is -0.380 e. The van der Waals surface area contributed by atoms with Crippen molar-refractivity contribution in [2.45, 2.75) is 64.6 Å². The molecule has 1 aromatic carbocycles. The summed E-state index contributed by atoms with van der Waals surface area (Å²) >= 11 is 0. The van der Waals surface area contributed by atoms with Crippen molar-refractivity contribution in [3.05, 3.63) is 35.4 Å². The fraction of sp³-hybridized carbons (Fsp3) is 0.652. The van der Waals surface area contributed by atoms with Gasteiger partial charge >= 0.3 is 0 Å². The first-order valence-corrected chi connectivity index (χ1v) is 11.1. The summed E-state index contributed by atoms with van der Waals surface area (Å²) in [6, 6.07) is 8.51. The van der Waals surface area contributed by atoms with E-state index in [0.717, 1.165) is 44.9 Å². The Morgan fingerprint density at radius 2 is 1.90 bits per heavy atom. The Hall–Kier alpha value is -1.35. The predicted octanol–water partition coefficient (Wildman–Crippen LogP) is 3.69. The molecule has 1 saturated carbocycles. The van der Waals surface area contributed by atoms with Crippen LogP contribution in [-0.4, -0.2) is 49.6 Å². The molecule has 0 radical (unpaired) electrons. The topological polar surface area (TPSA) is 66.0 Å². The van der Waals surface area contributed by atoms with Crippen molar-refractivity contribution in [2.75, 3.05) is 26.7 Å². The number of hydrogen-bond acceptors (Lipinski definition) is 3. The number of amides is 1. The van der Waals surface area contributed by atoms with Crippen LogP contribution in [0.2, 0.25) is 0 Å². The Labute approximate surface area is 198 Å². The van der Waals surface area contributed by atoms with E-state index in [-0.39, 0.29) is 35.9 Å². The summed E-state index contributed by atoms with van der Waals surface area (Å²) in [6.07, 6.45) is 6.80. The van der Waals surface area contributed by atoms with Crippen LogP contribution in [0.1, 0.15) is 56.6 Å². The minimum atomic E-state index is 0. The molecule has 1 heterocycles. The summed E-state index contributed by atoms with van der Waals surface area (Å²) in [5.74, 6) is 1.43. The van der Waals surface area contributed by atoms with Crippen molar-refractivity contribution >= 4 is 35.8 Å². The molecular weight excluding hydrogens is 491 g/mol. The third-order valence-electron chi connectivity index (χ3n) is 5.97. The zero-order valence-corrected chi connectivity index (χ0v) is 20.7. The number of likely N-dealkylation sites (tertiary alicyclic amines) is 1. The third kappa shape index (κ3) is 7.11. The number of hydrogen-bond donors (Lipinski definition) is 2. The maximum absolute atomic E-state index is 12.8. The van der Waals surface area contributed by atoms with E-state index in [2.05, 4.69) is 34.6 Å². The van der Waals surface area contributed by atoms with Gasteiger partial charge in [-0.1, -0.05) is 43.5 Å². The summed E-state index contributed by atoms with van der Waals surface area (Å²) in [5.41, 5.74) is 2.34. The highest BCUT2D eigenvalue weighted by Crippen LogP contribution is 2.26. The van der Waals surface area contributed by atoms with Crippen molar-refractivity contribution < 1.29 is 9.53 Å². The number of benzene rings is 1. The number of rotatable bonds is 7. The molecule has 168 valence electrons. The molecule has 2 aliphatic rings. The number of methoxy groups -OCH3 is 1. The number of carbonyl (C=O) groups is 1. The number of halogens is 1. The SMILES string of the molecule is CCNC(=NCc1ccccc1COC)NC1CCN(C(=O)C2CCCCC2)C1.I. The lowest BCUT2D eigenvalue weighted by atomic mass is 9.88. The average molecular weight is 528 g/mol. The molecule has 0 spiro atoms. The molecule has 1 atom stereocenters. The molecule has 1 amide bonds. The maximum atomic E-state index is 12.8. The van der Waals surface area contributed by atoms with Crippen molar-refractivity contribution in [1.82, 2.24) is 15.5 Å². The Bertz CT molecular complexity index is 692. The first-order valence-electron chi connectivity index (χ1n) is 11.1. The van der Waals surface area contributed by atoms with Crippen LogP contribution in [0.3, 0.4) is 0 Å². The van der Waals surface area contributed by atoms with Crippen LogP contribution in [0, 0.1) is 5.92 Å². The van der Waals surface area contributed by atoms with Crippen LogP contribution in [0.25, 0.3) is 0 Å². The van der Waals surface area contributed by atoms with E-state index in [1.165, 1.54) is 30.4 Å². The average Bonchev–Trinajstić information content (AvgIpc) is 3.22. The fourth-order valence-electron chi connectivity index (χ4n) is 4.37. The van der Waals surface area contributed by atoms with Crippen LogP contribution in [0.5, 0.6) is 0 Å². The number of nitrogens with one attached hydrogen (secondary N) is 2. The second-order valence-corrected chi connectivity index (χ2v) is 8.15. The zero-order chi connectivity index (χ0) is 20.5. The minimum absolute atomic E-state index is 0. The molecule has 0 bridgehead atoms. The van der Waals surface area contributed by atoms with Gasteiger partial charge in [-0.2, -0.15) is 0 Å². The van der Waals surface area contributed by atoms with Gasteiger partial charge in [0.2, 0.25) is 5.91 Å². The third-order valence-corrected chi connectivity index (χ3v) is 5.97. The molecule has 6 nitrogen and oxygen atoms in total. The molecular formula is C23H37IN4O2. The molecule has 30 heavy (non-hydrogen) atoms. The quantitative estimate of drug-likeness (QED) is 0.322. The highest BCUT2D eigenvalue weighted by atomic mass is 127. The molecule has 1 unspecified atom stereocenters. The number of nitrogens with zero attached hydrogens (tertiary/aromatic N) is 2.